The molecule has 0 spiro atoms. The quantitative estimate of drug-likeness (QED) is 0.594. The van der Waals surface area contributed by atoms with Crippen molar-refractivity contribution >= 4 is 11.9 Å². The summed E-state index contributed by atoms with van der Waals surface area (Å²) in [5, 5.41) is 11.1. The largest absolute Gasteiger partial charge is 0.549 e. The topological polar surface area (TPSA) is 92.5 Å². The van der Waals surface area contributed by atoms with Crippen molar-refractivity contribution in [3.8, 4) is 5.75 Å². The second-order valence-corrected chi connectivity index (χ2v) is 6.56. The molecule has 2 N–H and O–H groups in total. The standard InChI is InChI=1S/C19H29NO4/c1-14(2)7-5-3-4-6-12-24-16-10-8-15(9-11-16)17(19(22)23)13-18(20)21/h8-11,14,17H,3-7,12-13H2,1-2H3,(H2,20,21)(H,22,23)/p-1/t17-/m1/s1. The lowest BCUT2D eigenvalue weighted by Crippen LogP contribution is -2.32. The molecule has 5 heteroatoms. The Morgan fingerprint density at radius 2 is 1.71 bits per heavy atom. The highest BCUT2D eigenvalue weighted by Crippen LogP contribution is 2.22. The van der Waals surface area contributed by atoms with E-state index in [1.54, 1.807) is 24.3 Å². The van der Waals surface area contributed by atoms with Gasteiger partial charge in [0, 0.05) is 18.3 Å². The first-order valence-corrected chi connectivity index (χ1v) is 8.62. The molecule has 0 saturated heterocycles. The van der Waals surface area contributed by atoms with Crippen LogP contribution < -0.4 is 15.6 Å². The van der Waals surface area contributed by atoms with Gasteiger partial charge in [-0.2, -0.15) is 0 Å². The van der Waals surface area contributed by atoms with Gasteiger partial charge in [-0.1, -0.05) is 51.7 Å². The molecule has 5 nitrogen and oxygen atoms in total. The number of benzene rings is 1. The molecule has 134 valence electrons. The summed E-state index contributed by atoms with van der Waals surface area (Å²) in [5.41, 5.74) is 5.57. The zero-order valence-electron chi connectivity index (χ0n) is 14.6. The number of hydrogen-bond acceptors (Lipinski definition) is 4. The summed E-state index contributed by atoms with van der Waals surface area (Å²) < 4.78 is 5.66. The lowest BCUT2D eigenvalue weighted by Gasteiger charge is -2.17. The van der Waals surface area contributed by atoms with Gasteiger partial charge in [-0.15, -0.1) is 0 Å². The zero-order valence-corrected chi connectivity index (χ0v) is 14.6. The maximum Gasteiger partial charge on any atom is 0.218 e. The van der Waals surface area contributed by atoms with Crippen LogP contribution in [0.15, 0.2) is 24.3 Å². The van der Waals surface area contributed by atoms with E-state index in [2.05, 4.69) is 13.8 Å². The number of amides is 1. The number of primary amides is 1. The number of aliphatic carboxylic acids is 1. The summed E-state index contributed by atoms with van der Waals surface area (Å²) in [4.78, 5) is 22.1. The van der Waals surface area contributed by atoms with Gasteiger partial charge in [0.2, 0.25) is 5.91 Å². The summed E-state index contributed by atoms with van der Waals surface area (Å²) in [6.07, 6.45) is 5.64. The first kappa shape index (κ1) is 20.0. The Labute approximate surface area is 144 Å². The SMILES string of the molecule is CC(C)CCCCCCOc1ccc([C@@H](CC(N)=O)C(=O)[O-])cc1. The monoisotopic (exact) mass is 334 g/mol. The van der Waals surface area contributed by atoms with Crippen molar-refractivity contribution in [1.82, 2.24) is 0 Å². The van der Waals surface area contributed by atoms with Gasteiger partial charge in [0.1, 0.15) is 5.75 Å². The van der Waals surface area contributed by atoms with Crippen molar-refractivity contribution in [2.24, 2.45) is 11.7 Å². The molecule has 0 bridgehead atoms. The molecule has 0 radical (unpaired) electrons. The summed E-state index contributed by atoms with van der Waals surface area (Å²) >= 11 is 0. The van der Waals surface area contributed by atoms with Gasteiger partial charge in [-0.3, -0.25) is 4.79 Å². The zero-order chi connectivity index (χ0) is 17.9. The Hall–Kier alpha value is -2.04. The molecule has 0 heterocycles. The summed E-state index contributed by atoms with van der Waals surface area (Å²) in [5.74, 6) is -1.53. The Morgan fingerprint density at radius 1 is 1.08 bits per heavy atom. The van der Waals surface area contributed by atoms with Crippen molar-refractivity contribution < 1.29 is 19.4 Å². The molecule has 1 aromatic carbocycles. The molecule has 0 aliphatic heterocycles. The molecule has 1 rings (SSSR count). The summed E-state index contributed by atoms with van der Waals surface area (Å²) in [6, 6.07) is 6.71. The van der Waals surface area contributed by atoms with E-state index in [4.69, 9.17) is 10.5 Å². The highest BCUT2D eigenvalue weighted by molar-refractivity contribution is 5.83. The molecule has 1 aromatic rings. The average molecular weight is 334 g/mol. The predicted octanol–water partition coefficient (Wildman–Crippen LogP) is 2.38. The van der Waals surface area contributed by atoms with E-state index in [0.29, 0.717) is 17.9 Å². The van der Waals surface area contributed by atoms with Gasteiger partial charge in [0.25, 0.3) is 0 Å². The van der Waals surface area contributed by atoms with E-state index in [9.17, 15) is 14.7 Å². The molecule has 1 amide bonds. The fraction of sp³-hybridized carbons (Fsp3) is 0.579. The van der Waals surface area contributed by atoms with Crippen LogP contribution in [0.2, 0.25) is 0 Å². The van der Waals surface area contributed by atoms with Crippen LogP contribution in [0.25, 0.3) is 0 Å². The van der Waals surface area contributed by atoms with Crippen LogP contribution in [-0.4, -0.2) is 18.5 Å². The third kappa shape index (κ3) is 7.99. The van der Waals surface area contributed by atoms with Crippen LogP contribution in [0.4, 0.5) is 0 Å². The average Bonchev–Trinajstić information content (AvgIpc) is 2.51. The highest BCUT2D eigenvalue weighted by atomic mass is 16.5. The van der Waals surface area contributed by atoms with E-state index in [1.807, 2.05) is 0 Å². The van der Waals surface area contributed by atoms with Gasteiger partial charge >= 0.3 is 0 Å². The molecule has 1 atom stereocenters. The number of carbonyl (C=O) groups is 2. The number of carbonyl (C=O) groups excluding carboxylic acids is 2. The molecule has 0 fully saturated rings. The van der Waals surface area contributed by atoms with E-state index < -0.39 is 17.8 Å². The second-order valence-electron chi connectivity index (χ2n) is 6.56. The van der Waals surface area contributed by atoms with Gasteiger partial charge in [0.05, 0.1) is 6.61 Å². The molecule has 0 saturated carbocycles. The lowest BCUT2D eigenvalue weighted by atomic mass is 9.95. The Balaban J connectivity index is 2.36. The fourth-order valence-electron chi connectivity index (χ4n) is 2.53. The summed E-state index contributed by atoms with van der Waals surface area (Å²) in [6.45, 7) is 5.12. The Kier molecular flexibility index (Phi) is 8.90. The van der Waals surface area contributed by atoms with E-state index in [-0.39, 0.29) is 6.42 Å². The van der Waals surface area contributed by atoms with Crippen molar-refractivity contribution in [2.45, 2.75) is 58.3 Å². The van der Waals surface area contributed by atoms with Gasteiger partial charge < -0.3 is 20.4 Å². The number of hydrogen-bond donors (Lipinski definition) is 1. The third-order valence-electron chi connectivity index (χ3n) is 3.92. The Bertz CT molecular complexity index is 511. The maximum absolute atomic E-state index is 11.1. The molecule has 0 aliphatic carbocycles. The Morgan fingerprint density at radius 3 is 2.25 bits per heavy atom. The van der Waals surface area contributed by atoms with Gasteiger partial charge in [-0.25, -0.2) is 0 Å². The van der Waals surface area contributed by atoms with Gasteiger partial charge in [-0.05, 0) is 30.0 Å². The van der Waals surface area contributed by atoms with Crippen LogP contribution in [0.5, 0.6) is 5.75 Å². The smallest absolute Gasteiger partial charge is 0.218 e. The third-order valence-corrected chi connectivity index (χ3v) is 3.92. The van der Waals surface area contributed by atoms with Crippen LogP contribution in [-0.2, 0) is 9.59 Å². The number of ether oxygens (including phenoxy) is 1. The number of carboxylic acid groups (broad SMARTS) is 1. The molecule has 24 heavy (non-hydrogen) atoms. The normalized spacial score (nSPS) is 12.1. The minimum atomic E-state index is -1.30. The highest BCUT2D eigenvalue weighted by Gasteiger charge is 2.15. The van der Waals surface area contributed by atoms with Crippen molar-refractivity contribution in [3.05, 3.63) is 29.8 Å². The fourth-order valence-corrected chi connectivity index (χ4v) is 2.53. The second kappa shape index (κ2) is 10.7. The minimum Gasteiger partial charge on any atom is -0.549 e. The molecule has 0 aromatic heterocycles. The van der Waals surface area contributed by atoms with E-state index in [0.717, 1.165) is 18.8 Å². The molecule has 0 aliphatic rings. The van der Waals surface area contributed by atoms with Crippen LogP contribution in [0.1, 0.15) is 63.9 Å². The first-order chi connectivity index (χ1) is 11.4. The van der Waals surface area contributed by atoms with Crippen molar-refractivity contribution in [2.75, 3.05) is 6.61 Å². The maximum atomic E-state index is 11.1. The van der Waals surface area contributed by atoms with Crippen molar-refractivity contribution in [3.63, 3.8) is 0 Å². The number of rotatable bonds is 12. The molecule has 0 unspecified atom stereocenters. The van der Waals surface area contributed by atoms with Crippen LogP contribution >= 0.6 is 0 Å². The van der Waals surface area contributed by atoms with Crippen molar-refractivity contribution in [1.29, 1.82) is 0 Å². The first-order valence-electron chi connectivity index (χ1n) is 8.62. The predicted molar refractivity (Wildman–Crippen MR) is 91.4 cm³/mol. The van der Waals surface area contributed by atoms with Crippen LogP contribution in [0, 0.1) is 5.92 Å². The minimum absolute atomic E-state index is 0.265. The lowest BCUT2D eigenvalue weighted by molar-refractivity contribution is -0.308. The molecular weight excluding hydrogens is 306 g/mol. The van der Waals surface area contributed by atoms with Gasteiger partial charge in [0.15, 0.2) is 0 Å². The van der Waals surface area contributed by atoms with E-state index >= 15 is 0 Å². The summed E-state index contributed by atoms with van der Waals surface area (Å²) in [7, 11) is 0. The number of nitrogens with two attached hydrogens (primary N) is 1. The van der Waals surface area contributed by atoms with E-state index in [1.165, 1.54) is 19.3 Å². The molecular formula is C19H28NO4-. The van der Waals surface area contributed by atoms with Crippen LogP contribution in [0.3, 0.4) is 0 Å². The number of carboxylic acids is 1. The number of unbranched alkanes of at least 4 members (excludes halogenated alkanes) is 3.